The first-order chi connectivity index (χ1) is 12.7. The van der Waals surface area contributed by atoms with Gasteiger partial charge in [0.1, 0.15) is 11.5 Å². The van der Waals surface area contributed by atoms with Crippen LogP contribution in [0.2, 0.25) is 0 Å². The number of imidazole rings is 1. The fourth-order valence-electron chi connectivity index (χ4n) is 2.63. The first kappa shape index (κ1) is 21.2. The minimum Gasteiger partial charge on any atom is -0.497 e. The molecule has 0 aliphatic rings. The quantitative estimate of drug-likeness (QED) is 0.680. The largest absolute Gasteiger partial charge is 0.497 e. The Bertz CT molecular complexity index is 780. The smallest absolute Gasteiger partial charge is 0.237 e. The average Bonchev–Trinajstić information content (AvgIpc) is 2.88. The molecule has 0 aliphatic heterocycles. The molecule has 0 bridgehead atoms. The highest BCUT2D eigenvalue weighted by molar-refractivity contribution is 8.00. The van der Waals surface area contributed by atoms with Crippen LogP contribution in [0.4, 0.5) is 5.69 Å². The second-order valence-electron chi connectivity index (χ2n) is 6.92. The van der Waals surface area contributed by atoms with Crippen LogP contribution in [0.25, 0.3) is 0 Å². The van der Waals surface area contributed by atoms with E-state index < -0.39 is 0 Å². The third-order valence-electron chi connectivity index (χ3n) is 4.24. The number of rotatable bonds is 8. The number of hydrogen-bond donors (Lipinski definition) is 1. The van der Waals surface area contributed by atoms with E-state index in [1.165, 1.54) is 11.8 Å². The molecule has 0 saturated heterocycles. The lowest BCUT2D eigenvalue weighted by molar-refractivity contribution is -0.115. The number of nitrogens with zero attached hydrogens (tertiary/aromatic N) is 2. The lowest BCUT2D eigenvalue weighted by atomic mass is 10.2. The van der Waals surface area contributed by atoms with Crippen molar-refractivity contribution in [1.29, 1.82) is 0 Å². The highest BCUT2D eigenvalue weighted by atomic mass is 32.2. The van der Waals surface area contributed by atoms with Crippen molar-refractivity contribution in [2.45, 2.75) is 51.6 Å². The van der Waals surface area contributed by atoms with Crippen molar-refractivity contribution in [1.82, 2.24) is 9.55 Å². The minimum atomic E-state index is -0.297. The van der Waals surface area contributed by atoms with E-state index in [-0.39, 0.29) is 11.2 Å². The molecule has 1 N–H and O–H groups in total. The third kappa shape index (κ3) is 5.42. The average molecular weight is 392 g/mol. The third-order valence-corrected chi connectivity index (χ3v) is 5.33. The molecule has 1 aromatic heterocycles. The van der Waals surface area contributed by atoms with Gasteiger partial charge in [-0.1, -0.05) is 25.6 Å². The van der Waals surface area contributed by atoms with E-state index >= 15 is 0 Å². The van der Waals surface area contributed by atoms with Crippen LogP contribution in [-0.2, 0) is 11.3 Å². The molecule has 7 heteroatoms. The number of anilines is 1. The van der Waals surface area contributed by atoms with Crippen LogP contribution in [0.3, 0.4) is 0 Å². The molecule has 6 nitrogen and oxygen atoms in total. The number of amides is 1. The first-order valence-corrected chi connectivity index (χ1v) is 9.87. The number of aromatic nitrogens is 2. The highest BCUT2D eigenvalue weighted by Crippen LogP contribution is 2.29. The summed E-state index contributed by atoms with van der Waals surface area (Å²) in [5.74, 6) is 1.67. The van der Waals surface area contributed by atoms with Crippen molar-refractivity contribution >= 4 is 23.4 Å². The normalized spacial score (nSPS) is 12.1. The number of thioether (sulfide) groups is 1. The van der Waals surface area contributed by atoms with Crippen molar-refractivity contribution in [2.75, 3.05) is 19.5 Å². The fourth-order valence-corrected chi connectivity index (χ4v) is 3.64. The number of benzene rings is 1. The summed E-state index contributed by atoms with van der Waals surface area (Å²) in [5, 5.41) is 3.52. The Morgan fingerprint density at radius 1 is 1.15 bits per heavy atom. The molecule has 1 amide bonds. The molecule has 1 unspecified atom stereocenters. The second-order valence-corrected chi connectivity index (χ2v) is 8.23. The van der Waals surface area contributed by atoms with Crippen molar-refractivity contribution in [3.63, 3.8) is 0 Å². The number of carbonyl (C=O) groups excluding carboxylic acids is 1. The Labute approximate surface area is 165 Å². The Morgan fingerprint density at radius 3 is 2.26 bits per heavy atom. The molecule has 0 radical (unpaired) electrons. The van der Waals surface area contributed by atoms with Gasteiger partial charge in [-0.15, -0.1) is 0 Å². The topological polar surface area (TPSA) is 65.4 Å². The van der Waals surface area contributed by atoms with Crippen LogP contribution in [0.15, 0.2) is 23.4 Å². The van der Waals surface area contributed by atoms with Crippen LogP contribution in [0.1, 0.15) is 32.2 Å². The van der Waals surface area contributed by atoms with E-state index in [1.807, 2.05) is 13.8 Å². The van der Waals surface area contributed by atoms with E-state index in [1.54, 1.807) is 32.4 Å². The van der Waals surface area contributed by atoms with Gasteiger partial charge in [0.15, 0.2) is 5.16 Å². The van der Waals surface area contributed by atoms with E-state index in [9.17, 15) is 4.79 Å². The number of carbonyl (C=O) groups is 1. The van der Waals surface area contributed by atoms with Gasteiger partial charge in [-0.2, -0.15) is 0 Å². The zero-order valence-corrected chi connectivity index (χ0v) is 17.9. The molecule has 0 fully saturated rings. The maximum absolute atomic E-state index is 12.7. The molecule has 1 aromatic carbocycles. The van der Waals surface area contributed by atoms with E-state index in [0.717, 1.165) is 23.1 Å². The van der Waals surface area contributed by atoms with Gasteiger partial charge >= 0.3 is 0 Å². The maximum atomic E-state index is 12.7. The van der Waals surface area contributed by atoms with E-state index in [2.05, 4.69) is 35.6 Å². The summed E-state index contributed by atoms with van der Waals surface area (Å²) in [4.78, 5) is 17.3. The molecule has 0 spiro atoms. The molecule has 2 aromatic rings. The summed E-state index contributed by atoms with van der Waals surface area (Å²) in [6.07, 6.45) is 0. The molecule has 27 heavy (non-hydrogen) atoms. The van der Waals surface area contributed by atoms with Gasteiger partial charge in [0.05, 0.1) is 25.2 Å². The molecular formula is C20H29N3O3S. The van der Waals surface area contributed by atoms with Gasteiger partial charge in [-0.05, 0) is 26.7 Å². The van der Waals surface area contributed by atoms with Gasteiger partial charge < -0.3 is 19.4 Å². The van der Waals surface area contributed by atoms with Crippen LogP contribution in [0, 0.1) is 19.8 Å². The van der Waals surface area contributed by atoms with Crippen molar-refractivity contribution in [2.24, 2.45) is 5.92 Å². The maximum Gasteiger partial charge on any atom is 0.237 e. The van der Waals surface area contributed by atoms with Gasteiger partial charge in [-0.3, -0.25) is 4.79 Å². The summed E-state index contributed by atoms with van der Waals surface area (Å²) in [6.45, 7) is 11.2. The number of ether oxygens (including phenoxy) is 2. The summed E-state index contributed by atoms with van der Waals surface area (Å²) in [5.41, 5.74) is 2.79. The summed E-state index contributed by atoms with van der Waals surface area (Å²) in [7, 11) is 3.16. The zero-order valence-electron chi connectivity index (χ0n) is 17.1. The lowest BCUT2D eigenvalue weighted by Crippen LogP contribution is -2.23. The Hall–Kier alpha value is -2.15. The molecule has 148 valence electrons. The fraction of sp³-hybridized carbons (Fsp3) is 0.500. The molecule has 0 saturated carbocycles. The number of methoxy groups -OCH3 is 2. The predicted molar refractivity (Wildman–Crippen MR) is 110 cm³/mol. The monoisotopic (exact) mass is 391 g/mol. The molecular weight excluding hydrogens is 362 g/mol. The SMILES string of the molecule is COc1cc(NC(=O)C(C)Sc2nc(C)c(C)n2CC(C)C)cc(OC)c1. The molecule has 0 aliphatic carbocycles. The number of hydrogen-bond acceptors (Lipinski definition) is 5. The highest BCUT2D eigenvalue weighted by Gasteiger charge is 2.20. The van der Waals surface area contributed by atoms with Gasteiger partial charge in [0, 0.05) is 36.1 Å². The summed E-state index contributed by atoms with van der Waals surface area (Å²) < 4.78 is 12.7. The van der Waals surface area contributed by atoms with Crippen LogP contribution in [-0.4, -0.2) is 34.9 Å². The Morgan fingerprint density at radius 2 is 1.74 bits per heavy atom. The van der Waals surface area contributed by atoms with Crippen molar-refractivity contribution in [3.8, 4) is 11.5 Å². The van der Waals surface area contributed by atoms with E-state index in [4.69, 9.17) is 9.47 Å². The van der Waals surface area contributed by atoms with Gasteiger partial charge in [0.2, 0.25) is 5.91 Å². The summed E-state index contributed by atoms with van der Waals surface area (Å²) >= 11 is 1.47. The van der Waals surface area contributed by atoms with Crippen LogP contribution < -0.4 is 14.8 Å². The van der Waals surface area contributed by atoms with Crippen LogP contribution >= 0.6 is 11.8 Å². The molecule has 1 atom stereocenters. The molecule has 2 rings (SSSR count). The number of nitrogens with one attached hydrogen (secondary N) is 1. The van der Waals surface area contributed by atoms with E-state index in [0.29, 0.717) is 23.1 Å². The number of aryl methyl sites for hydroxylation is 1. The molecule has 1 heterocycles. The lowest BCUT2D eigenvalue weighted by Gasteiger charge is -2.16. The standard InChI is InChI=1S/C20H29N3O3S/c1-12(2)11-23-14(4)13(3)21-20(23)27-15(5)19(24)22-16-8-17(25-6)10-18(9-16)26-7/h8-10,12,15H,11H2,1-7H3,(H,22,24). The van der Waals surface area contributed by atoms with Gasteiger partial charge in [-0.25, -0.2) is 4.98 Å². The summed E-state index contributed by atoms with van der Waals surface area (Å²) in [6, 6.07) is 5.31. The first-order valence-electron chi connectivity index (χ1n) is 8.99. The van der Waals surface area contributed by atoms with Crippen LogP contribution in [0.5, 0.6) is 11.5 Å². The van der Waals surface area contributed by atoms with Gasteiger partial charge in [0.25, 0.3) is 0 Å². The Balaban J connectivity index is 2.14. The van der Waals surface area contributed by atoms with Crippen molar-refractivity contribution < 1.29 is 14.3 Å². The van der Waals surface area contributed by atoms with Crippen molar-refractivity contribution in [3.05, 3.63) is 29.6 Å². The Kier molecular flexibility index (Phi) is 7.18. The zero-order chi connectivity index (χ0) is 20.1. The predicted octanol–water partition coefficient (Wildman–Crippen LogP) is 4.29. The second kappa shape index (κ2) is 9.17. The minimum absolute atomic E-state index is 0.0929.